The van der Waals surface area contributed by atoms with Gasteiger partial charge in [0.05, 0.1) is 5.60 Å². The number of hydrogen-bond acceptors (Lipinski definition) is 4. The molecule has 1 aliphatic rings. The van der Waals surface area contributed by atoms with Gasteiger partial charge in [0, 0.05) is 31.2 Å². The number of thioether (sulfide) groups is 1. The predicted octanol–water partition coefficient (Wildman–Crippen LogP) is 1.04. The number of pyridine rings is 1. The summed E-state index contributed by atoms with van der Waals surface area (Å²) in [4.78, 5) is 3.96. The predicted molar refractivity (Wildman–Crippen MR) is 62.8 cm³/mol. The van der Waals surface area contributed by atoms with Crippen molar-refractivity contribution in [2.45, 2.75) is 18.6 Å². The van der Waals surface area contributed by atoms with E-state index in [-0.39, 0.29) is 0 Å². The maximum absolute atomic E-state index is 10.1. The van der Waals surface area contributed by atoms with Gasteiger partial charge in [0.25, 0.3) is 0 Å². The zero-order valence-electron chi connectivity index (χ0n) is 8.65. The van der Waals surface area contributed by atoms with Gasteiger partial charge < -0.3 is 10.4 Å². The molecular formula is C11H16N2OS. The van der Waals surface area contributed by atoms with Crippen LogP contribution in [0.4, 0.5) is 0 Å². The second-order valence-corrected chi connectivity index (χ2v) is 5.09. The summed E-state index contributed by atoms with van der Waals surface area (Å²) in [6.07, 6.45) is 4.48. The highest BCUT2D eigenvalue weighted by molar-refractivity contribution is 7.99. The Hall–Kier alpha value is -0.580. The first-order valence-corrected chi connectivity index (χ1v) is 6.34. The number of rotatable bonds is 4. The molecule has 1 unspecified atom stereocenters. The van der Waals surface area contributed by atoms with Crippen molar-refractivity contribution >= 4 is 11.8 Å². The molecule has 2 rings (SSSR count). The maximum atomic E-state index is 10.1. The standard InChI is InChI=1S/C11H16N2OS/c14-11(3-6-15-9-11)8-13-7-10-1-4-12-5-2-10/h1-2,4-5,13-14H,3,6-9H2. The van der Waals surface area contributed by atoms with Gasteiger partial charge in [-0.2, -0.15) is 11.8 Å². The van der Waals surface area contributed by atoms with Gasteiger partial charge in [-0.15, -0.1) is 0 Å². The van der Waals surface area contributed by atoms with Gasteiger partial charge in [-0.05, 0) is 29.9 Å². The minimum atomic E-state index is -0.488. The highest BCUT2D eigenvalue weighted by atomic mass is 32.2. The smallest absolute Gasteiger partial charge is 0.0869 e. The number of hydrogen-bond donors (Lipinski definition) is 2. The molecule has 1 aromatic heterocycles. The Morgan fingerprint density at radius 2 is 2.27 bits per heavy atom. The molecule has 1 atom stereocenters. The molecule has 15 heavy (non-hydrogen) atoms. The Labute approximate surface area is 94.3 Å². The Balaban J connectivity index is 1.75. The molecule has 0 spiro atoms. The second-order valence-electron chi connectivity index (χ2n) is 3.99. The molecule has 0 aliphatic carbocycles. The molecule has 4 heteroatoms. The second kappa shape index (κ2) is 4.96. The molecule has 82 valence electrons. The van der Waals surface area contributed by atoms with Crippen molar-refractivity contribution in [1.29, 1.82) is 0 Å². The number of nitrogens with one attached hydrogen (secondary N) is 1. The topological polar surface area (TPSA) is 45.1 Å². The Bertz CT molecular complexity index is 299. The summed E-state index contributed by atoms with van der Waals surface area (Å²) in [5, 5.41) is 13.4. The third kappa shape index (κ3) is 3.19. The van der Waals surface area contributed by atoms with E-state index in [1.54, 1.807) is 12.4 Å². The molecule has 3 nitrogen and oxygen atoms in total. The summed E-state index contributed by atoms with van der Waals surface area (Å²) in [7, 11) is 0. The lowest BCUT2D eigenvalue weighted by Crippen LogP contribution is -2.40. The van der Waals surface area contributed by atoms with E-state index in [2.05, 4.69) is 10.3 Å². The minimum absolute atomic E-state index is 0.488. The van der Waals surface area contributed by atoms with Crippen LogP contribution in [0.2, 0.25) is 0 Å². The number of aromatic nitrogens is 1. The zero-order chi connectivity index (χ0) is 10.6. The van der Waals surface area contributed by atoms with Crippen LogP contribution in [0.3, 0.4) is 0 Å². The fourth-order valence-electron chi connectivity index (χ4n) is 1.68. The molecule has 0 bridgehead atoms. The number of aliphatic hydroxyl groups is 1. The van der Waals surface area contributed by atoms with Crippen LogP contribution < -0.4 is 5.32 Å². The average Bonchev–Trinajstić information content (AvgIpc) is 2.67. The van der Waals surface area contributed by atoms with Gasteiger partial charge in [0.15, 0.2) is 0 Å². The van der Waals surface area contributed by atoms with Crippen molar-refractivity contribution in [3.05, 3.63) is 30.1 Å². The van der Waals surface area contributed by atoms with Crippen molar-refractivity contribution in [1.82, 2.24) is 10.3 Å². The fourth-order valence-corrected chi connectivity index (χ4v) is 2.97. The lowest BCUT2D eigenvalue weighted by atomic mass is 10.0. The molecule has 0 aromatic carbocycles. The SMILES string of the molecule is OC1(CNCc2ccncc2)CCSC1. The molecule has 2 N–H and O–H groups in total. The highest BCUT2D eigenvalue weighted by Crippen LogP contribution is 2.26. The zero-order valence-corrected chi connectivity index (χ0v) is 9.46. The first kappa shape index (κ1) is 10.9. The van der Waals surface area contributed by atoms with E-state index in [4.69, 9.17) is 0 Å². The molecule has 1 fully saturated rings. The van der Waals surface area contributed by atoms with Crippen LogP contribution in [0.15, 0.2) is 24.5 Å². The first-order chi connectivity index (χ1) is 7.29. The third-order valence-electron chi connectivity index (χ3n) is 2.62. The van der Waals surface area contributed by atoms with Crippen molar-refractivity contribution < 1.29 is 5.11 Å². The molecule has 1 aliphatic heterocycles. The quantitative estimate of drug-likeness (QED) is 0.802. The van der Waals surface area contributed by atoms with E-state index < -0.39 is 5.60 Å². The molecule has 1 saturated heterocycles. The Morgan fingerprint density at radius 3 is 2.93 bits per heavy atom. The van der Waals surface area contributed by atoms with Gasteiger partial charge in [-0.25, -0.2) is 0 Å². The van der Waals surface area contributed by atoms with Gasteiger partial charge in [0.1, 0.15) is 0 Å². The summed E-state index contributed by atoms with van der Waals surface area (Å²) in [5.74, 6) is 1.93. The molecule has 0 amide bonds. The van der Waals surface area contributed by atoms with Crippen LogP contribution >= 0.6 is 11.8 Å². The monoisotopic (exact) mass is 224 g/mol. The molecule has 2 heterocycles. The van der Waals surface area contributed by atoms with Crippen LogP contribution in [0.1, 0.15) is 12.0 Å². The van der Waals surface area contributed by atoms with Crippen molar-refractivity contribution in [3.8, 4) is 0 Å². The van der Waals surface area contributed by atoms with E-state index in [1.807, 2.05) is 23.9 Å². The average molecular weight is 224 g/mol. The highest BCUT2D eigenvalue weighted by Gasteiger charge is 2.30. The van der Waals surface area contributed by atoms with Crippen LogP contribution in [0.5, 0.6) is 0 Å². The molecular weight excluding hydrogens is 208 g/mol. The summed E-state index contributed by atoms with van der Waals surface area (Å²) in [6, 6.07) is 3.97. The van der Waals surface area contributed by atoms with E-state index >= 15 is 0 Å². The molecule has 0 saturated carbocycles. The third-order valence-corrected chi connectivity index (χ3v) is 3.85. The van der Waals surface area contributed by atoms with Crippen LogP contribution in [0.25, 0.3) is 0 Å². The Kier molecular flexibility index (Phi) is 3.61. The molecule has 1 aromatic rings. The summed E-state index contributed by atoms with van der Waals surface area (Å²) in [6.45, 7) is 1.48. The van der Waals surface area contributed by atoms with Crippen LogP contribution in [-0.2, 0) is 6.54 Å². The van der Waals surface area contributed by atoms with E-state index in [9.17, 15) is 5.11 Å². The fraction of sp³-hybridized carbons (Fsp3) is 0.545. The van der Waals surface area contributed by atoms with E-state index in [0.29, 0.717) is 6.54 Å². The van der Waals surface area contributed by atoms with Gasteiger partial charge in [-0.3, -0.25) is 4.98 Å². The summed E-state index contributed by atoms with van der Waals surface area (Å²) in [5.41, 5.74) is 0.719. The normalized spacial score (nSPS) is 25.7. The minimum Gasteiger partial charge on any atom is -0.388 e. The number of nitrogens with zero attached hydrogens (tertiary/aromatic N) is 1. The van der Waals surface area contributed by atoms with Crippen molar-refractivity contribution in [2.75, 3.05) is 18.1 Å². The maximum Gasteiger partial charge on any atom is 0.0869 e. The lowest BCUT2D eigenvalue weighted by Gasteiger charge is -2.21. The van der Waals surface area contributed by atoms with Crippen molar-refractivity contribution in [2.24, 2.45) is 0 Å². The summed E-state index contributed by atoms with van der Waals surface area (Å²) < 4.78 is 0. The molecule has 0 radical (unpaired) electrons. The van der Waals surface area contributed by atoms with E-state index in [1.165, 1.54) is 5.56 Å². The van der Waals surface area contributed by atoms with Crippen molar-refractivity contribution in [3.63, 3.8) is 0 Å². The van der Waals surface area contributed by atoms with Gasteiger partial charge in [-0.1, -0.05) is 0 Å². The van der Waals surface area contributed by atoms with Crippen LogP contribution in [0, 0.1) is 0 Å². The Morgan fingerprint density at radius 1 is 1.47 bits per heavy atom. The largest absolute Gasteiger partial charge is 0.388 e. The van der Waals surface area contributed by atoms with E-state index in [0.717, 1.165) is 24.5 Å². The van der Waals surface area contributed by atoms with Gasteiger partial charge >= 0.3 is 0 Å². The van der Waals surface area contributed by atoms with Gasteiger partial charge in [0.2, 0.25) is 0 Å². The van der Waals surface area contributed by atoms with Crippen LogP contribution in [-0.4, -0.2) is 33.7 Å². The summed E-state index contributed by atoms with van der Waals surface area (Å²) >= 11 is 1.83. The lowest BCUT2D eigenvalue weighted by molar-refractivity contribution is 0.0675. The first-order valence-electron chi connectivity index (χ1n) is 5.18.